The second kappa shape index (κ2) is 5.32. The molecule has 0 aliphatic carbocycles. The van der Waals surface area contributed by atoms with E-state index in [2.05, 4.69) is 20.5 Å². The average Bonchev–Trinajstić information content (AvgIpc) is 2.89. The normalized spacial score (nSPS) is 10.8. The summed E-state index contributed by atoms with van der Waals surface area (Å²) in [6, 6.07) is 11.0. The quantitative estimate of drug-likeness (QED) is 0.792. The summed E-state index contributed by atoms with van der Waals surface area (Å²) < 4.78 is 1.85. The maximum absolute atomic E-state index is 12.0. The van der Waals surface area contributed by atoms with Crippen LogP contribution >= 0.6 is 0 Å². The molecule has 1 amide bonds. The Bertz CT molecular complexity index is 794. The molecule has 0 radical (unpaired) electrons. The number of nitrogens with one attached hydrogen (secondary N) is 1. The molecule has 0 saturated heterocycles. The molecule has 0 unspecified atom stereocenters. The van der Waals surface area contributed by atoms with Crippen molar-refractivity contribution in [3.63, 3.8) is 0 Å². The van der Waals surface area contributed by atoms with Gasteiger partial charge in [-0.15, -0.1) is 10.2 Å². The molecule has 6 heteroatoms. The number of aromatic nitrogens is 4. The van der Waals surface area contributed by atoms with Crippen molar-refractivity contribution in [1.82, 2.24) is 24.9 Å². The van der Waals surface area contributed by atoms with Gasteiger partial charge >= 0.3 is 0 Å². The lowest BCUT2D eigenvalue weighted by Gasteiger charge is -2.06. The van der Waals surface area contributed by atoms with Crippen molar-refractivity contribution in [3.8, 4) is 0 Å². The predicted octanol–water partition coefficient (Wildman–Crippen LogP) is 1.67. The number of nitrogens with zero attached hydrogens (tertiary/aromatic N) is 4. The summed E-state index contributed by atoms with van der Waals surface area (Å²) in [7, 11) is 0. The highest BCUT2D eigenvalue weighted by molar-refractivity contribution is 5.93. The van der Waals surface area contributed by atoms with Gasteiger partial charge in [-0.2, -0.15) is 0 Å². The van der Waals surface area contributed by atoms with E-state index in [1.807, 2.05) is 42.5 Å². The zero-order chi connectivity index (χ0) is 14.8. The predicted molar refractivity (Wildman–Crippen MR) is 77.9 cm³/mol. The van der Waals surface area contributed by atoms with E-state index in [4.69, 9.17) is 0 Å². The lowest BCUT2D eigenvalue weighted by atomic mass is 10.2. The molecule has 0 aliphatic heterocycles. The van der Waals surface area contributed by atoms with Gasteiger partial charge in [-0.1, -0.05) is 18.2 Å². The fourth-order valence-corrected chi connectivity index (χ4v) is 2.26. The van der Waals surface area contributed by atoms with E-state index in [-0.39, 0.29) is 5.91 Å². The first kappa shape index (κ1) is 13.2. The van der Waals surface area contributed by atoms with Gasteiger partial charge in [0.05, 0.1) is 6.54 Å². The van der Waals surface area contributed by atoms with E-state index in [1.165, 1.54) is 0 Å². The van der Waals surface area contributed by atoms with E-state index >= 15 is 0 Å². The molecule has 2 aromatic heterocycles. The van der Waals surface area contributed by atoms with Gasteiger partial charge in [-0.05, 0) is 32.0 Å². The number of carbonyl (C=O) groups excluding carboxylic acids is 1. The van der Waals surface area contributed by atoms with Gasteiger partial charge in [0.25, 0.3) is 11.7 Å². The van der Waals surface area contributed by atoms with Crippen LogP contribution in [0.5, 0.6) is 0 Å². The van der Waals surface area contributed by atoms with Crippen molar-refractivity contribution in [1.29, 1.82) is 0 Å². The topological polar surface area (TPSA) is 72.2 Å². The van der Waals surface area contributed by atoms with Gasteiger partial charge in [0.2, 0.25) is 0 Å². The van der Waals surface area contributed by atoms with Crippen molar-refractivity contribution in [3.05, 3.63) is 59.2 Å². The molecule has 0 atom stereocenters. The molecule has 0 aliphatic rings. The first-order chi connectivity index (χ1) is 10.1. The Labute approximate surface area is 121 Å². The van der Waals surface area contributed by atoms with Crippen LogP contribution in [0.15, 0.2) is 36.4 Å². The van der Waals surface area contributed by atoms with Crippen LogP contribution in [0.4, 0.5) is 0 Å². The van der Waals surface area contributed by atoms with Crippen LogP contribution in [-0.2, 0) is 6.54 Å². The first-order valence-corrected chi connectivity index (χ1v) is 6.66. The highest BCUT2D eigenvalue weighted by Crippen LogP contribution is 2.08. The van der Waals surface area contributed by atoms with Crippen molar-refractivity contribution in [2.45, 2.75) is 20.4 Å². The maximum Gasteiger partial charge on any atom is 0.255 e. The first-order valence-electron chi connectivity index (χ1n) is 6.66. The second-order valence-electron chi connectivity index (χ2n) is 4.84. The van der Waals surface area contributed by atoms with Crippen LogP contribution in [0.25, 0.3) is 5.78 Å². The van der Waals surface area contributed by atoms with Crippen molar-refractivity contribution in [2.75, 3.05) is 0 Å². The standard InChI is InChI=1S/C15H15N5O/c1-10-8-11(2)20-13(18-19-15(20)17-10)9-16-14(21)12-6-4-3-5-7-12/h3-8H,9H2,1-2H3,(H,16,21). The number of hydrogen-bond acceptors (Lipinski definition) is 4. The minimum Gasteiger partial charge on any atom is -0.345 e. The van der Waals surface area contributed by atoms with Crippen LogP contribution in [0.1, 0.15) is 27.6 Å². The number of benzene rings is 1. The molecule has 2 heterocycles. The summed E-state index contributed by atoms with van der Waals surface area (Å²) in [5.74, 6) is 1.08. The third kappa shape index (κ3) is 2.60. The minimum absolute atomic E-state index is 0.134. The molecule has 1 N–H and O–H groups in total. The molecule has 106 valence electrons. The summed E-state index contributed by atoms with van der Waals surface area (Å²) in [6.45, 7) is 4.19. The van der Waals surface area contributed by atoms with Crippen LogP contribution in [0, 0.1) is 13.8 Å². The van der Waals surface area contributed by atoms with E-state index < -0.39 is 0 Å². The molecule has 1 aromatic carbocycles. The Kier molecular flexibility index (Phi) is 3.35. The highest BCUT2D eigenvalue weighted by atomic mass is 16.1. The van der Waals surface area contributed by atoms with Gasteiger partial charge in [0.1, 0.15) is 0 Å². The molecular formula is C15H15N5O. The van der Waals surface area contributed by atoms with Crippen LogP contribution < -0.4 is 5.32 Å². The summed E-state index contributed by atoms with van der Waals surface area (Å²) in [5.41, 5.74) is 2.51. The molecule has 3 aromatic rings. The van der Waals surface area contributed by atoms with Crippen molar-refractivity contribution < 1.29 is 4.79 Å². The van der Waals surface area contributed by atoms with Gasteiger partial charge in [0, 0.05) is 17.0 Å². The SMILES string of the molecule is Cc1cc(C)n2c(CNC(=O)c3ccccc3)nnc2n1. The van der Waals surface area contributed by atoms with E-state index in [1.54, 1.807) is 12.1 Å². The summed E-state index contributed by atoms with van der Waals surface area (Å²) in [6.07, 6.45) is 0. The number of rotatable bonds is 3. The van der Waals surface area contributed by atoms with Crippen molar-refractivity contribution in [2.24, 2.45) is 0 Å². The molecule has 0 saturated carbocycles. The molecule has 3 rings (SSSR count). The van der Waals surface area contributed by atoms with E-state index in [9.17, 15) is 4.79 Å². The zero-order valence-electron chi connectivity index (χ0n) is 11.9. The van der Waals surface area contributed by atoms with Gasteiger partial charge in [-0.3, -0.25) is 9.20 Å². The second-order valence-corrected chi connectivity index (χ2v) is 4.84. The number of carbonyl (C=O) groups is 1. The lowest BCUT2D eigenvalue weighted by molar-refractivity contribution is 0.0949. The van der Waals surface area contributed by atoms with Crippen LogP contribution in [-0.4, -0.2) is 25.5 Å². The Balaban J connectivity index is 1.82. The van der Waals surface area contributed by atoms with Crippen LogP contribution in [0.2, 0.25) is 0 Å². The Morgan fingerprint density at radius 1 is 1.19 bits per heavy atom. The highest BCUT2D eigenvalue weighted by Gasteiger charge is 2.11. The fraction of sp³-hybridized carbons (Fsp3) is 0.200. The fourth-order valence-electron chi connectivity index (χ4n) is 2.26. The zero-order valence-corrected chi connectivity index (χ0v) is 11.9. The molecule has 0 fully saturated rings. The molecule has 21 heavy (non-hydrogen) atoms. The third-order valence-corrected chi connectivity index (χ3v) is 3.20. The monoisotopic (exact) mass is 281 g/mol. The Hall–Kier alpha value is -2.76. The molecule has 0 bridgehead atoms. The summed E-state index contributed by atoms with van der Waals surface area (Å²) in [5, 5.41) is 11.0. The van der Waals surface area contributed by atoms with Gasteiger partial charge in [-0.25, -0.2) is 4.98 Å². The summed E-state index contributed by atoms with van der Waals surface area (Å²) in [4.78, 5) is 16.3. The maximum atomic E-state index is 12.0. The smallest absolute Gasteiger partial charge is 0.255 e. The summed E-state index contributed by atoms with van der Waals surface area (Å²) >= 11 is 0. The van der Waals surface area contributed by atoms with Gasteiger partial charge in [0.15, 0.2) is 5.82 Å². The largest absolute Gasteiger partial charge is 0.345 e. The van der Waals surface area contributed by atoms with Crippen LogP contribution in [0.3, 0.4) is 0 Å². The molecule has 6 nitrogen and oxygen atoms in total. The Morgan fingerprint density at radius 3 is 2.71 bits per heavy atom. The molecular weight excluding hydrogens is 266 g/mol. The van der Waals surface area contributed by atoms with E-state index in [0.717, 1.165) is 11.4 Å². The number of aryl methyl sites for hydroxylation is 2. The van der Waals surface area contributed by atoms with Gasteiger partial charge < -0.3 is 5.32 Å². The lowest BCUT2D eigenvalue weighted by Crippen LogP contribution is -2.24. The van der Waals surface area contributed by atoms with E-state index in [0.29, 0.717) is 23.7 Å². The number of fused-ring (bicyclic) bond motifs is 1. The van der Waals surface area contributed by atoms with Crippen molar-refractivity contribution >= 4 is 11.7 Å². The Morgan fingerprint density at radius 2 is 1.95 bits per heavy atom. The number of hydrogen-bond donors (Lipinski definition) is 1. The molecule has 0 spiro atoms. The average molecular weight is 281 g/mol. The number of amides is 1. The third-order valence-electron chi connectivity index (χ3n) is 3.20. The minimum atomic E-state index is -0.134.